The lowest BCUT2D eigenvalue weighted by Crippen LogP contribution is -2.19. The van der Waals surface area contributed by atoms with Crippen LogP contribution in [0, 0.1) is 11.3 Å². The Kier molecular flexibility index (Phi) is 3.78. The van der Waals surface area contributed by atoms with Crippen molar-refractivity contribution in [2.24, 2.45) is 0 Å². The largest absolute Gasteiger partial charge is 0.497 e. The molecule has 1 aromatic carbocycles. The van der Waals surface area contributed by atoms with Gasteiger partial charge in [0, 0.05) is 18.1 Å². The van der Waals surface area contributed by atoms with Gasteiger partial charge in [0.1, 0.15) is 18.4 Å². The highest BCUT2D eigenvalue weighted by Gasteiger charge is 2.07. The monoisotopic (exact) mass is 256 g/mol. The summed E-state index contributed by atoms with van der Waals surface area (Å²) >= 11 is 0. The molecule has 6 heteroatoms. The summed E-state index contributed by atoms with van der Waals surface area (Å²) in [7, 11) is 1.58. The molecule has 0 unspecified atom stereocenters. The third-order valence-electron chi connectivity index (χ3n) is 2.50. The molecular formula is C13H12N4O2. The highest BCUT2D eigenvalue weighted by molar-refractivity contribution is 5.90. The van der Waals surface area contributed by atoms with Crippen LogP contribution in [0.25, 0.3) is 0 Å². The predicted molar refractivity (Wildman–Crippen MR) is 68.6 cm³/mol. The van der Waals surface area contributed by atoms with Crippen LogP contribution in [0.1, 0.15) is 5.82 Å². The number of rotatable bonds is 4. The molecule has 0 aliphatic rings. The van der Waals surface area contributed by atoms with Gasteiger partial charge in [-0.05, 0) is 24.3 Å². The third-order valence-corrected chi connectivity index (χ3v) is 2.50. The summed E-state index contributed by atoms with van der Waals surface area (Å²) in [5, 5.41) is 11.5. The number of nitriles is 1. The average molecular weight is 256 g/mol. The maximum Gasteiger partial charge on any atom is 0.244 e. The van der Waals surface area contributed by atoms with E-state index in [-0.39, 0.29) is 18.3 Å². The lowest BCUT2D eigenvalue weighted by atomic mass is 10.3. The Hall–Kier alpha value is -2.81. The topological polar surface area (TPSA) is 79.9 Å². The van der Waals surface area contributed by atoms with Crippen molar-refractivity contribution in [1.29, 1.82) is 5.26 Å². The number of methoxy groups -OCH3 is 1. The van der Waals surface area contributed by atoms with E-state index in [0.29, 0.717) is 5.69 Å². The number of carbonyl (C=O) groups is 1. The number of imidazole rings is 1. The lowest BCUT2D eigenvalue weighted by molar-refractivity contribution is -0.116. The van der Waals surface area contributed by atoms with Crippen molar-refractivity contribution in [2.75, 3.05) is 12.4 Å². The number of benzene rings is 1. The Bertz CT molecular complexity index is 610. The van der Waals surface area contributed by atoms with Gasteiger partial charge in [-0.3, -0.25) is 4.79 Å². The van der Waals surface area contributed by atoms with E-state index in [1.54, 1.807) is 37.6 Å². The van der Waals surface area contributed by atoms with Gasteiger partial charge < -0.3 is 14.6 Å². The maximum absolute atomic E-state index is 11.8. The summed E-state index contributed by atoms with van der Waals surface area (Å²) < 4.78 is 6.51. The predicted octanol–water partition coefficient (Wildman–Crippen LogP) is 1.40. The second kappa shape index (κ2) is 5.69. The first-order chi connectivity index (χ1) is 9.22. The first kappa shape index (κ1) is 12.6. The van der Waals surface area contributed by atoms with Crippen LogP contribution in [0.5, 0.6) is 5.75 Å². The van der Waals surface area contributed by atoms with Gasteiger partial charge in [0.15, 0.2) is 0 Å². The summed E-state index contributed by atoms with van der Waals surface area (Å²) in [5.74, 6) is 0.712. The molecule has 19 heavy (non-hydrogen) atoms. The summed E-state index contributed by atoms with van der Waals surface area (Å²) in [5.41, 5.74) is 0.671. The van der Waals surface area contributed by atoms with Gasteiger partial charge in [-0.1, -0.05) is 0 Å². The van der Waals surface area contributed by atoms with Crippen LogP contribution in [0.2, 0.25) is 0 Å². The molecule has 0 bridgehead atoms. The summed E-state index contributed by atoms with van der Waals surface area (Å²) in [4.78, 5) is 15.6. The molecule has 0 fully saturated rings. The SMILES string of the molecule is COc1ccc(NC(=O)Cn2ccnc2C#N)cc1. The molecule has 0 aliphatic carbocycles. The average Bonchev–Trinajstić information content (AvgIpc) is 2.86. The molecule has 2 rings (SSSR count). The first-order valence-corrected chi connectivity index (χ1v) is 5.58. The van der Waals surface area contributed by atoms with Crippen LogP contribution in [0.3, 0.4) is 0 Å². The van der Waals surface area contributed by atoms with E-state index >= 15 is 0 Å². The number of ether oxygens (including phenoxy) is 1. The Morgan fingerprint density at radius 3 is 2.84 bits per heavy atom. The second-order valence-corrected chi connectivity index (χ2v) is 3.77. The number of amides is 1. The Balaban J connectivity index is 1.99. The zero-order valence-electron chi connectivity index (χ0n) is 10.3. The van der Waals surface area contributed by atoms with E-state index < -0.39 is 0 Å². The molecule has 1 aromatic heterocycles. The van der Waals surface area contributed by atoms with Gasteiger partial charge in [0.05, 0.1) is 7.11 Å². The van der Waals surface area contributed by atoms with E-state index in [4.69, 9.17) is 10.00 Å². The van der Waals surface area contributed by atoms with Crippen LogP contribution >= 0.6 is 0 Å². The van der Waals surface area contributed by atoms with Gasteiger partial charge in [0.25, 0.3) is 0 Å². The molecule has 96 valence electrons. The van der Waals surface area contributed by atoms with Crippen molar-refractivity contribution in [3.63, 3.8) is 0 Å². The fraction of sp³-hybridized carbons (Fsp3) is 0.154. The van der Waals surface area contributed by atoms with Crippen molar-refractivity contribution in [1.82, 2.24) is 9.55 Å². The summed E-state index contributed by atoms with van der Waals surface area (Å²) in [6.45, 7) is 0.0505. The molecular weight excluding hydrogens is 244 g/mol. The molecule has 2 aromatic rings. The first-order valence-electron chi connectivity index (χ1n) is 5.58. The van der Waals surface area contributed by atoms with E-state index in [1.165, 1.54) is 10.8 Å². The van der Waals surface area contributed by atoms with E-state index in [0.717, 1.165) is 5.75 Å². The molecule has 1 N–H and O–H groups in total. The highest BCUT2D eigenvalue weighted by atomic mass is 16.5. The molecule has 0 radical (unpaired) electrons. The molecule has 0 saturated heterocycles. The van der Waals surface area contributed by atoms with Crippen molar-refractivity contribution < 1.29 is 9.53 Å². The van der Waals surface area contributed by atoms with Crippen molar-refractivity contribution in [2.45, 2.75) is 6.54 Å². The molecule has 0 atom stereocenters. The quantitative estimate of drug-likeness (QED) is 0.896. The van der Waals surface area contributed by atoms with Gasteiger partial charge >= 0.3 is 0 Å². The zero-order chi connectivity index (χ0) is 13.7. The zero-order valence-corrected chi connectivity index (χ0v) is 10.3. The standard InChI is InChI=1S/C13H12N4O2/c1-19-11-4-2-10(3-5-11)16-13(18)9-17-7-6-15-12(17)8-14/h2-7H,9H2,1H3,(H,16,18). The number of nitrogens with one attached hydrogen (secondary N) is 1. The Labute approximate surface area is 110 Å². The number of anilines is 1. The van der Waals surface area contributed by atoms with E-state index in [2.05, 4.69) is 10.3 Å². The number of hydrogen-bond acceptors (Lipinski definition) is 4. The van der Waals surface area contributed by atoms with Crippen LogP contribution < -0.4 is 10.1 Å². The molecule has 0 saturated carbocycles. The fourth-order valence-electron chi connectivity index (χ4n) is 1.58. The van der Waals surface area contributed by atoms with Crippen LogP contribution in [-0.4, -0.2) is 22.6 Å². The minimum Gasteiger partial charge on any atom is -0.497 e. The smallest absolute Gasteiger partial charge is 0.244 e. The van der Waals surface area contributed by atoms with Crippen molar-refractivity contribution >= 4 is 11.6 Å². The maximum atomic E-state index is 11.8. The van der Waals surface area contributed by atoms with Gasteiger partial charge in [-0.25, -0.2) is 4.98 Å². The van der Waals surface area contributed by atoms with Gasteiger partial charge in [-0.15, -0.1) is 0 Å². The third kappa shape index (κ3) is 3.10. The molecule has 1 heterocycles. The van der Waals surface area contributed by atoms with Crippen LogP contribution in [0.4, 0.5) is 5.69 Å². The number of nitrogens with zero attached hydrogens (tertiary/aromatic N) is 3. The summed E-state index contributed by atoms with van der Waals surface area (Å²) in [6, 6.07) is 8.92. The van der Waals surface area contributed by atoms with E-state index in [9.17, 15) is 4.79 Å². The van der Waals surface area contributed by atoms with Crippen LogP contribution in [0.15, 0.2) is 36.7 Å². The highest BCUT2D eigenvalue weighted by Crippen LogP contribution is 2.14. The fourth-order valence-corrected chi connectivity index (χ4v) is 1.58. The summed E-state index contributed by atoms with van der Waals surface area (Å²) in [6.07, 6.45) is 3.07. The molecule has 0 spiro atoms. The second-order valence-electron chi connectivity index (χ2n) is 3.77. The Morgan fingerprint density at radius 2 is 2.21 bits per heavy atom. The number of hydrogen-bond donors (Lipinski definition) is 1. The normalized spacial score (nSPS) is 9.68. The Morgan fingerprint density at radius 1 is 1.47 bits per heavy atom. The van der Waals surface area contributed by atoms with Crippen molar-refractivity contribution in [3.05, 3.63) is 42.5 Å². The lowest BCUT2D eigenvalue weighted by Gasteiger charge is -2.07. The molecule has 6 nitrogen and oxygen atoms in total. The van der Waals surface area contributed by atoms with Gasteiger partial charge in [0.2, 0.25) is 11.7 Å². The minimum atomic E-state index is -0.223. The van der Waals surface area contributed by atoms with Gasteiger partial charge in [-0.2, -0.15) is 5.26 Å². The van der Waals surface area contributed by atoms with E-state index in [1.807, 2.05) is 6.07 Å². The van der Waals surface area contributed by atoms with Crippen LogP contribution in [-0.2, 0) is 11.3 Å². The molecule has 1 amide bonds. The van der Waals surface area contributed by atoms with Crippen molar-refractivity contribution in [3.8, 4) is 11.8 Å². The number of aromatic nitrogens is 2. The number of carbonyl (C=O) groups excluding carboxylic acids is 1. The molecule has 0 aliphatic heterocycles. The minimum absolute atomic E-state index is 0.0505.